The van der Waals surface area contributed by atoms with Gasteiger partial charge in [-0.05, 0) is 31.2 Å². The summed E-state index contributed by atoms with van der Waals surface area (Å²) >= 11 is 5.80. The lowest BCUT2D eigenvalue weighted by molar-refractivity contribution is -0.122. The average Bonchev–Trinajstić information content (AvgIpc) is 2.39. The van der Waals surface area contributed by atoms with Crippen LogP contribution in [0.5, 0.6) is 0 Å². The van der Waals surface area contributed by atoms with Gasteiger partial charge in [-0.2, -0.15) is 0 Å². The Morgan fingerprint density at radius 3 is 2.43 bits per heavy atom. The van der Waals surface area contributed by atoms with E-state index in [1.54, 1.807) is 24.3 Å². The van der Waals surface area contributed by atoms with Gasteiger partial charge in [0.15, 0.2) is 0 Å². The van der Waals surface area contributed by atoms with Crippen LogP contribution in [0.15, 0.2) is 24.3 Å². The molecule has 0 saturated carbocycles. The Kier molecular flexibility index (Phi) is 6.44. The van der Waals surface area contributed by atoms with E-state index >= 15 is 0 Å². The molecule has 0 fully saturated rings. The Balaban J connectivity index is 2.98. The van der Waals surface area contributed by atoms with Crippen LogP contribution in [0, 0.1) is 0 Å². The van der Waals surface area contributed by atoms with Crippen molar-refractivity contribution in [1.82, 2.24) is 5.32 Å². The number of carbonyl (C=O) groups is 1. The Morgan fingerprint density at radius 1 is 1.38 bits per heavy atom. The number of amides is 1. The lowest BCUT2D eigenvalue weighted by Gasteiger charge is -2.28. The first-order chi connectivity index (χ1) is 9.77. The zero-order chi connectivity index (χ0) is 16.0. The Labute approximate surface area is 130 Å². The summed E-state index contributed by atoms with van der Waals surface area (Å²) in [4.78, 5) is 12.0. The second-order valence-corrected chi connectivity index (χ2v) is 6.79. The zero-order valence-corrected chi connectivity index (χ0v) is 13.7. The maximum Gasteiger partial charge on any atom is 0.243 e. The van der Waals surface area contributed by atoms with E-state index in [1.807, 2.05) is 0 Å². The molecule has 118 valence electrons. The summed E-state index contributed by atoms with van der Waals surface area (Å²) in [6.07, 6.45) is 1.06. The van der Waals surface area contributed by atoms with Crippen molar-refractivity contribution in [3.05, 3.63) is 29.3 Å². The van der Waals surface area contributed by atoms with Gasteiger partial charge in [0.1, 0.15) is 6.04 Å². The quantitative estimate of drug-likeness (QED) is 0.762. The van der Waals surface area contributed by atoms with Crippen molar-refractivity contribution < 1.29 is 17.9 Å². The third-order valence-electron chi connectivity index (χ3n) is 2.78. The normalized spacial score (nSPS) is 12.8. The molecule has 0 bridgehead atoms. The summed E-state index contributed by atoms with van der Waals surface area (Å²) in [5, 5.41) is 3.11. The van der Waals surface area contributed by atoms with Crippen LogP contribution in [0.1, 0.15) is 6.92 Å². The molecule has 0 aliphatic rings. The summed E-state index contributed by atoms with van der Waals surface area (Å²) < 4.78 is 29.9. The van der Waals surface area contributed by atoms with E-state index in [4.69, 9.17) is 16.3 Å². The third kappa shape index (κ3) is 5.18. The summed E-state index contributed by atoms with van der Waals surface area (Å²) in [5.74, 6) is -0.396. The van der Waals surface area contributed by atoms with E-state index in [1.165, 1.54) is 14.0 Å². The summed E-state index contributed by atoms with van der Waals surface area (Å²) in [6, 6.07) is 5.39. The minimum absolute atomic E-state index is 0.317. The number of halogens is 1. The molecule has 1 aromatic rings. The first kappa shape index (κ1) is 17.7. The van der Waals surface area contributed by atoms with Crippen molar-refractivity contribution in [2.45, 2.75) is 13.0 Å². The molecule has 1 amide bonds. The number of anilines is 1. The monoisotopic (exact) mass is 334 g/mol. The highest BCUT2D eigenvalue weighted by atomic mass is 35.5. The van der Waals surface area contributed by atoms with Gasteiger partial charge in [0, 0.05) is 18.7 Å². The average molecular weight is 335 g/mol. The number of sulfonamides is 1. The number of nitrogens with one attached hydrogen (secondary N) is 1. The zero-order valence-electron chi connectivity index (χ0n) is 12.2. The molecule has 0 spiro atoms. The van der Waals surface area contributed by atoms with Crippen molar-refractivity contribution in [3.63, 3.8) is 0 Å². The second-order valence-electron chi connectivity index (χ2n) is 4.50. The lowest BCUT2D eigenvalue weighted by Crippen LogP contribution is -2.48. The highest BCUT2D eigenvalue weighted by Gasteiger charge is 2.28. The number of methoxy groups -OCH3 is 1. The van der Waals surface area contributed by atoms with Gasteiger partial charge in [-0.25, -0.2) is 8.42 Å². The molecule has 0 aromatic heterocycles. The molecule has 1 atom stereocenters. The molecule has 1 rings (SSSR count). The molecule has 8 heteroatoms. The molecule has 0 unspecified atom stereocenters. The minimum atomic E-state index is -3.61. The largest absolute Gasteiger partial charge is 0.383 e. The fourth-order valence-corrected chi connectivity index (χ4v) is 3.12. The van der Waals surface area contributed by atoms with Gasteiger partial charge < -0.3 is 10.1 Å². The van der Waals surface area contributed by atoms with Crippen LogP contribution in [0.4, 0.5) is 5.69 Å². The van der Waals surface area contributed by atoms with Crippen LogP contribution in [0.3, 0.4) is 0 Å². The number of carbonyl (C=O) groups excluding carboxylic acids is 1. The van der Waals surface area contributed by atoms with E-state index in [2.05, 4.69) is 5.32 Å². The maximum absolute atomic E-state index is 12.0. The predicted molar refractivity (Wildman–Crippen MR) is 83.1 cm³/mol. The van der Waals surface area contributed by atoms with Crippen molar-refractivity contribution >= 4 is 33.2 Å². The van der Waals surface area contributed by atoms with Gasteiger partial charge >= 0.3 is 0 Å². The summed E-state index contributed by atoms with van der Waals surface area (Å²) in [7, 11) is -2.09. The standard InChI is InChI=1S/C13H19ClN2O4S/c1-10(13(17)15-8-9-20-2)16(21(3,18)19)12-6-4-11(14)5-7-12/h4-7,10H,8-9H2,1-3H3,(H,15,17)/t10-/m0/s1. The van der Waals surface area contributed by atoms with Crippen molar-refractivity contribution in [2.24, 2.45) is 0 Å². The van der Waals surface area contributed by atoms with Crippen LogP contribution >= 0.6 is 11.6 Å². The predicted octanol–water partition coefficient (Wildman–Crippen LogP) is 1.26. The molecule has 1 N–H and O–H groups in total. The molecule has 0 aliphatic carbocycles. The molecular weight excluding hydrogens is 316 g/mol. The van der Waals surface area contributed by atoms with Crippen LogP contribution in [0.2, 0.25) is 5.02 Å². The number of rotatable bonds is 7. The van der Waals surface area contributed by atoms with Crippen LogP contribution in [-0.4, -0.2) is 46.9 Å². The second kappa shape index (κ2) is 7.63. The molecule has 0 saturated heterocycles. The first-order valence-corrected chi connectivity index (χ1v) is 8.51. The van der Waals surface area contributed by atoms with E-state index < -0.39 is 22.0 Å². The van der Waals surface area contributed by atoms with Crippen molar-refractivity contribution in [3.8, 4) is 0 Å². The number of hydrogen-bond donors (Lipinski definition) is 1. The SMILES string of the molecule is COCCNC(=O)[C@H](C)N(c1ccc(Cl)cc1)S(C)(=O)=O. The highest BCUT2D eigenvalue weighted by molar-refractivity contribution is 7.92. The third-order valence-corrected chi connectivity index (χ3v) is 4.27. The molecule has 0 radical (unpaired) electrons. The van der Waals surface area contributed by atoms with Crippen molar-refractivity contribution in [1.29, 1.82) is 0 Å². The van der Waals surface area contributed by atoms with E-state index in [-0.39, 0.29) is 0 Å². The van der Waals surface area contributed by atoms with Gasteiger partial charge in [-0.15, -0.1) is 0 Å². The lowest BCUT2D eigenvalue weighted by atomic mass is 10.2. The topological polar surface area (TPSA) is 75.7 Å². The van der Waals surface area contributed by atoms with E-state index in [0.717, 1.165) is 10.6 Å². The number of ether oxygens (including phenoxy) is 1. The molecule has 21 heavy (non-hydrogen) atoms. The molecule has 0 aliphatic heterocycles. The smallest absolute Gasteiger partial charge is 0.243 e. The fraction of sp³-hybridized carbons (Fsp3) is 0.462. The van der Waals surface area contributed by atoms with Crippen LogP contribution in [-0.2, 0) is 19.6 Å². The van der Waals surface area contributed by atoms with Gasteiger partial charge in [0.05, 0.1) is 18.6 Å². The molecule has 6 nitrogen and oxygen atoms in total. The fourth-order valence-electron chi connectivity index (χ4n) is 1.82. The van der Waals surface area contributed by atoms with Gasteiger partial charge in [0.2, 0.25) is 15.9 Å². The minimum Gasteiger partial charge on any atom is -0.383 e. The van der Waals surface area contributed by atoms with Gasteiger partial charge in [-0.3, -0.25) is 9.10 Å². The molecule has 0 heterocycles. The van der Waals surface area contributed by atoms with E-state index in [9.17, 15) is 13.2 Å². The summed E-state index contributed by atoms with van der Waals surface area (Å²) in [5.41, 5.74) is 0.385. The number of hydrogen-bond acceptors (Lipinski definition) is 4. The van der Waals surface area contributed by atoms with Gasteiger partial charge in [0.25, 0.3) is 0 Å². The Bertz CT molecular complexity index is 574. The van der Waals surface area contributed by atoms with Crippen LogP contribution < -0.4 is 9.62 Å². The Morgan fingerprint density at radius 2 is 1.95 bits per heavy atom. The van der Waals surface area contributed by atoms with E-state index in [0.29, 0.717) is 23.9 Å². The molecule has 1 aromatic carbocycles. The maximum atomic E-state index is 12.0. The number of nitrogens with zero attached hydrogens (tertiary/aromatic N) is 1. The van der Waals surface area contributed by atoms with Crippen LogP contribution in [0.25, 0.3) is 0 Å². The Hall–Kier alpha value is -1.31. The summed E-state index contributed by atoms with van der Waals surface area (Å²) in [6.45, 7) is 2.20. The highest BCUT2D eigenvalue weighted by Crippen LogP contribution is 2.22. The first-order valence-electron chi connectivity index (χ1n) is 6.29. The number of benzene rings is 1. The molecular formula is C13H19ClN2O4S. The van der Waals surface area contributed by atoms with Crippen molar-refractivity contribution in [2.75, 3.05) is 30.8 Å². The van der Waals surface area contributed by atoms with Gasteiger partial charge in [-0.1, -0.05) is 11.6 Å².